The summed E-state index contributed by atoms with van der Waals surface area (Å²) in [6, 6.07) is 7.69. The molecule has 86 valence electrons. The van der Waals surface area contributed by atoms with Crippen LogP contribution in [-0.4, -0.2) is 25.5 Å². The molecular formula is C13H17NO2. The maximum Gasteiger partial charge on any atom is 0.119 e. The fraction of sp³-hybridized carbons (Fsp3) is 0.462. The predicted octanol–water partition coefficient (Wildman–Crippen LogP) is 2.97. The molecule has 2 rings (SSSR count). The normalized spacial score (nSPS) is 23.6. The van der Waals surface area contributed by atoms with Crippen molar-refractivity contribution in [1.29, 1.82) is 0 Å². The van der Waals surface area contributed by atoms with Crippen LogP contribution in [0.3, 0.4) is 0 Å². The van der Waals surface area contributed by atoms with Gasteiger partial charge < -0.3 is 9.47 Å². The van der Waals surface area contributed by atoms with Crippen LogP contribution in [0.1, 0.15) is 19.8 Å². The lowest BCUT2D eigenvalue weighted by Gasteiger charge is -1.98. The Morgan fingerprint density at radius 3 is 2.75 bits per heavy atom. The van der Waals surface area contributed by atoms with Gasteiger partial charge in [-0.2, -0.15) is 0 Å². The molecule has 1 aromatic rings. The van der Waals surface area contributed by atoms with Crippen molar-refractivity contribution < 1.29 is 9.47 Å². The number of nitrogens with zero attached hydrogens (tertiary/aromatic N) is 1. The number of epoxide rings is 1. The summed E-state index contributed by atoms with van der Waals surface area (Å²) in [6.45, 7) is 2.17. The summed E-state index contributed by atoms with van der Waals surface area (Å²) in [5, 5.41) is 0. The number of rotatable bonds is 5. The van der Waals surface area contributed by atoms with Crippen molar-refractivity contribution >= 4 is 11.9 Å². The molecule has 0 bridgehead atoms. The lowest BCUT2D eigenvalue weighted by Crippen LogP contribution is -1.93. The molecule has 0 aromatic heterocycles. The van der Waals surface area contributed by atoms with E-state index in [-0.39, 0.29) is 6.10 Å². The number of hydrogen-bond donors (Lipinski definition) is 0. The van der Waals surface area contributed by atoms with Crippen LogP contribution in [0.25, 0.3) is 0 Å². The molecule has 1 aromatic carbocycles. The van der Waals surface area contributed by atoms with Crippen LogP contribution in [0.2, 0.25) is 0 Å². The third-order valence-corrected chi connectivity index (χ3v) is 2.64. The molecule has 1 heterocycles. The maximum atomic E-state index is 5.45. The zero-order valence-electron chi connectivity index (χ0n) is 9.72. The Hall–Kier alpha value is -1.35. The van der Waals surface area contributed by atoms with Crippen LogP contribution in [0, 0.1) is 0 Å². The number of benzene rings is 1. The van der Waals surface area contributed by atoms with Gasteiger partial charge in [0, 0.05) is 6.21 Å². The second-order valence-corrected chi connectivity index (χ2v) is 3.90. The fourth-order valence-corrected chi connectivity index (χ4v) is 1.63. The van der Waals surface area contributed by atoms with Crippen molar-refractivity contribution in [3.63, 3.8) is 0 Å². The van der Waals surface area contributed by atoms with Crippen LogP contribution in [-0.2, 0) is 4.74 Å². The lowest BCUT2D eigenvalue weighted by molar-refractivity contribution is 0.384. The minimum atomic E-state index is 0.224. The van der Waals surface area contributed by atoms with Crippen molar-refractivity contribution in [2.24, 2.45) is 4.99 Å². The molecule has 16 heavy (non-hydrogen) atoms. The van der Waals surface area contributed by atoms with E-state index in [9.17, 15) is 0 Å². The van der Waals surface area contributed by atoms with Gasteiger partial charge in [-0.05, 0) is 30.7 Å². The third-order valence-electron chi connectivity index (χ3n) is 2.64. The summed E-state index contributed by atoms with van der Waals surface area (Å²) in [4.78, 5) is 4.37. The average Bonchev–Trinajstić information content (AvgIpc) is 3.06. The Bertz CT molecular complexity index is 359. The van der Waals surface area contributed by atoms with Gasteiger partial charge in [-0.1, -0.05) is 13.3 Å². The number of hydrogen-bond acceptors (Lipinski definition) is 3. The van der Waals surface area contributed by atoms with Crippen molar-refractivity contribution in [2.75, 3.05) is 7.11 Å². The second-order valence-electron chi connectivity index (χ2n) is 3.90. The smallest absolute Gasteiger partial charge is 0.119 e. The first-order valence-corrected chi connectivity index (χ1v) is 5.67. The van der Waals surface area contributed by atoms with Gasteiger partial charge in [0.25, 0.3) is 0 Å². The van der Waals surface area contributed by atoms with Gasteiger partial charge >= 0.3 is 0 Å². The van der Waals surface area contributed by atoms with Crippen LogP contribution in [0.4, 0.5) is 5.69 Å². The molecule has 2 atom stereocenters. The number of methoxy groups -OCH3 is 1. The molecule has 1 aliphatic heterocycles. The molecule has 3 nitrogen and oxygen atoms in total. The molecule has 3 heteroatoms. The highest BCUT2D eigenvalue weighted by atomic mass is 16.6. The maximum absolute atomic E-state index is 5.45. The Labute approximate surface area is 96.1 Å². The summed E-state index contributed by atoms with van der Waals surface area (Å²) >= 11 is 0. The Balaban J connectivity index is 1.87. The van der Waals surface area contributed by atoms with Crippen molar-refractivity contribution in [2.45, 2.75) is 32.0 Å². The van der Waals surface area contributed by atoms with Crippen molar-refractivity contribution in [3.05, 3.63) is 24.3 Å². The highest BCUT2D eigenvalue weighted by Gasteiger charge is 2.35. The molecule has 0 aliphatic carbocycles. The summed E-state index contributed by atoms with van der Waals surface area (Å²) in [7, 11) is 1.66. The topological polar surface area (TPSA) is 34.1 Å². The number of ether oxygens (including phenoxy) is 2. The zero-order chi connectivity index (χ0) is 11.4. The predicted molar refractivity (Wildman–Crippen MR) is 64.7 cm³/mol. The van der Waals surface area contributed by atoms with Gasteiger partial charge in [-0.15, -0.1) is 0 Å². The first-order chi connectivity index (χ1) is 7.83. The van der Waals surface area contributed by atoms with Gasteiger partial charge in [0.05, 0.1) is 18.9 Å². The highest BCUT2D eigenvalue weighted by Crippen LogP contribution is 2.26. The zero-order valence-corrected chi connectivity index (χ0v) is 9.72. The van der Waals surface area contributed by atoms with E-state index in [2.05, 4.69) is 11.9 Å². The van der Waals surface area contributed by atoms with Gasteiger partial charge in [-0.25, -0.2) is 0 Å². The van der Waals surface area contributed by atoms with E-state index < -0.39 is 0 Å². The minimum absolute atomic E-state index is 0.224. The first-order valence-electron chi connectivity index (χ1n) is 5.67. The molecule has 0 N–H and O–H groups in total. The van der Waals surface area contributed by atoms with E-state index in [1.807, 2.05) is 30.5 Å². The Kier molecular flexibility index (Phi) is 3.57. The molecule has 0 amide bonds. The van der Waals surface area contributed by atoms with Crippen molar-refractivity contribution in [3.8, 4) is 5.75 Å². The van der Waals surface area contributed by atoms with Gasteiger partial charge in [0.15, 0.2) is 0 Å². The third kappa shape index (κ3) is 2.83. The van der Waals surface area contributed by atoms with E-state index in [4.69, 9.17) is 9.47 Å². The lowest BCUT2D eigenvalue weighted by atomic mass is 10.2. The van der Waals surface area contributed by atoms with Gasteiger partial charge in [-0.3, -0.25) is 4.99 Å². The van der Waals surface area contributed by atoms with E-state index in [0.717, 1.165) is 24.3 Å². The quantitative estimate of drug-likeness (QED) is 0.563. The molecular weight excluding hydrogens is 202 g/mol. The average molecular weight is 219 g/mol. The van der Waals surface area contributed by atoms with Crippen LogP contribution in [0.15, 0.2) is 29.3 Å². The molecule has 1 saturated heterocycles. The van der Waals surface area contributed by atoms with E-state index in [1.165, 1.54) is 0 Å². The van der Waals surface area contributed by atoms with Crippen molar-refractivity contribution in [1.82, 2.24) is 0 Å². The van der Waals surface area contributed by atoms with Gasteiger partial charge in [0.2, 0.25) is 0 Å². The van der Waals surface area contributed by atoms with Crippen LogP contribution >= 0.6 is 0 Å². The summed E-state index contributed by atoms with van der Waals surface area (Å²) in [5.41, 5.74) is 0.937. The highest BCUT2D eigenvalue weighted by molar-refractivity contribution is 5.71. The Morgan fingerprint density at radius 1 is 1.38 bits per heavy atom. The summed E-state index contributed by atoms with van der Waals surface area (Å²) in [5.74, 6) is 0.852. The fourth-order valence-electron chi connectivity index (χ4n) is 1.63. The summed E-state index contributed by atoms with van der Waals surface area (Å²) < 4.78 is 10.5. The second kappa shape index (κ2) is 5.12. The molecule has 0 spiro atoms. The molecule has 0 saturated carbocycles. The SMILES string of the molecule is CCC[C@@H]1O[C@H]1C=Nc1ccc(OC)cc1. The van der Waals surface area contributed by atoms with Crippen LogP contribution in [0.5, 0.6) is 5.75 Å². The van der Waals surface area contributed by atoms with E-state index in [1.54, 1.807) is 7.11 Å². The van der Waals surface area contributed by atoms with E-state index >= 15 is 0 Å². The standard InChI is InChI=1S/C13H17NO2/c1-3-4-12-13(16-12)9-14-10-5-7-11(15-2)8-6-10/h5-9,12-13H,3-4H2,1-2H3/t12-,13-/m0/s1. The largest absolute Gasteiger partial charge is 0.497 e. The van der Waals surface area contributed by atoms with Gasteiger partial charge in [0.1, 0.15) is 11.9 Å². The molecule has 1 aliphatic rings. The van der Waals surface area contributed by atoms with E-state index in [0.29, 0.717) is 6.10 Å². The summed E-state index contributed by atoms with van der Waals surface area (Å²) in [6.07, 6.45) is 4.80. The molecule has 0 radical (unpaired) electrons. The molecule has 0 unspecified atom stereocenters. The molecule has 1 fully saturated rings. The number of aliphatic imine (C=N–C) groups is 1. The Morgan fingerprint density at radius 2 is 2.12 bits per heavy atom. The first kappa shape index (κ1) is 11.1. The minimum Gasteiger partial charge on any atom is -0.497 e. The monoisotopic (exact) mass is 219 g/mol. The van der Waals surface area contributed by atoms with Crippen LogP contribution < -0.4 is 4.74 Å².